The molecule has 2 aromatic rings. The fourth-order valence-electron chi connectivity index (χ4n) is 2.42. The van der Waals surface area contributed by atoms with Gasteiger partial charge in [-0.25, -0.2) is 9.78 Å². The Hall–Kier alpha value is -1.56. The number of carbonyl (C=O) groups is 1. The number of hydrogen-bond donors (Lipinski definition) is 1. The minimum Gasteiger partial charge on any atom is -0.465 e. The number of carboxylic acid groups (broad SMARTS) is 1. The van der Waals surface area contributed by atoms with E-state index in [1.165, 1.54) is 4.90 Å². The van der Waals surface area contributed by atoms with Crippen LogP contribution in [0, 0.1) is 6.92 Å². The van der Waals surface area contributed by atoms with E-state index in [-0.39, 0.29) is 6.04 Å². The highest BCUT2D eigenvalue weighted by Crippen LogP contribution is 2.29. The Morgan fingerprint density at radius 3 is 2.89 bits per heavy atom. The molecule has 1 aromatic heterocycles. The summed E-state index contributed by atoms with van der Waals surface area (Å²) in [5.41, 5.74) is 2.00. The molecular formula is C12H12BrN3O2. The van der Waals surface area contributed by atoms with E-state index in [2.05, 4.69) is 25.5 Å². The topological polar surface area (TPSA) is 58.4 Å². The van der Waals surface area contributed by atoms with Gasteiger partial charge in [0.1, 0.15) is 5.82 Å². The summed E-state index contributed by atoms with van der Waals surface area (Å²) < 4.78 is 3.13. The minimum absolute atomic E-state index is 0.195. The number of rotatable bonds is 1. The molecule has 2 heterocycles. The number of halogens is 1. The Bertz CT molecular complexity index is 632. The second kappa shape index (κ2) is 3.98. The predicted molar refractivity (Wildman–Crippen MR) is 70.8 cm³/mol. The molecule has 0 unspecified atom stereocenters. The molecule has 1 fully saturated rings. The van der Waals surface area contributed by atoms with Crippen molar-refractivity contribution in [2.75, 3.05) is 13.1 Å². The third-order valence-corrected chi connectivity index (χ3v) is 3.82. The average molecular weight is 310 g/mol. The van der Waals surface area contributed by atoms with E-state index in [1.807, 2.05) is 25.1 Å². The van der Waals surface area contributed by atoms with Crippen molar-refractivity contribution in [2.45, 2.75) is 13.0 Å². The molecule has 5 nitrogen and oxygen atoms in total. The maximum Gasteiger partial charge on any atom is 0.407 e. The number of aromatic nitrogens is 2. The van der Waals surface area contributed by atoms with Crippen LogP contribution < -0.4 is 0 Å². The molecule has 18 heavy (non-hydrogen) atoms. The lowest BCUT2D eigenvalue weighted by Gasteiger charge is -2.38. The summed E-state index contributed by atoms with van der Waals surface area (Å²) in [7, 11) is 0. The third-order valence-electron chi connectivity index (χ3n) is 3.33. The lowest BCUT2D eigenvalue weighted by molar-refractivity contribution is 0.0862. The standard InChI is InChI=1S/C12H12BrN3O2/c1-7-14-10-3-2-8(13)4-11(10)16(7)9-5-15(6-9)12(17)18/h2-4,9H,5-6H2,1H3,(H,17,18). The van der Waals surface area contributed by atoms with E-state index in [1.54, 1.807) is 0 Å². The van der Waals surface area contributed by atoms with Gasteiger partial charge in [0.2, 0.25) is 0 Å². The molecule has 3 rings (SSSR count). The third kappa shape index (κ3) is 1.68. The Morgan fingerprint density at radius 2 is 2.22 bits per heavy atom. The van der Waals surface area contributed by atoms with Crippen molar-refractivity contribution in [2.24, 2.45) is 0 Å². The molecule has 6 heteroatoms. The molecule has 1 amide bonds. The molecule has 1 saturated heterocycles. The number of nitrogens with zero attached hydrogens (tertiary/aromatic N) is 3. The van der Waals surface area contributed by atoms with E-state index in [9.17, 15) is 4.79 Å². The molecule has 1 aromatic carbocycles. The van der Waals surface area contributed by atoms with Gasteiger partial charge in [0.25, 0.3) is 0 Å². The summed E-state index contributed by atoms with van der Waals surface area (Å²) in [4.78, 5) is 16.7. The quantitative estimate of drug-likeness (QED) is 0.881. The van der Waals surface area contributed by atoms with E-state index >= 15 is 0 Å². The SMILES string of the molecule is Cc1nc2ccc(Br)cc2n1C1CN(C(=O)O)C1. The van der Waals surface area contributed by atoms with Gasteiger partial charge >= 0.3 is 6.09 Å². The first kappa shape index (κ1) is 11.5. The summed E-state index contributed by atoms with van der Waals surface area (Å²) in [5.74, 6) is 0.929. The minimum atomic E-state index is -0.852. The maximum absolute atomic E-state index is 10.8. The van der Waals surface area contributed by atoms with E-state index < -0.39 is 6.09 Å². The largest absolute Gasteiger partial charge is 0.465 e. The first-order valence-electron chi connectivity index (χ1n) is 5.68. The summed E-state index contributed by atoms with van der Waals surface area (Å²) >= 11 is 3.45. The summed E-state index contributed by atoms with van der Waals surface area (Å²) in [5, 5.41) is 8.87. The number of likely N-dealkylation sites (tertiary alicyclic amines) is 1. The van der Waals surface area contributed by atoms with Crippen LogP contribution in [0.2, 0.25) is 0 Å². The van der Waals surface area contributed by atoms with Gasteiger partial charge in [-0.15, -0.1) is 0 Å². The maximum atomic E-state index is 10.8. The highest BCUT2D eigenvalue weighted by Gasteiger charge is 2.33. The Morgan fingerprint density at radius 1 is 1.50 bits per heavy atom. The Labute approximate surface area is 112 Å². The Kier molecular flexibility index (Phi) is 2.55. The average Bonchev–Trinajstić information content (AvgIpc) is 2.53. The number of benzene rings is 1. The first-order chi connectivity index (χ1) is 8.56. The fraction of sp³-hybridized carbons (Fsp3) is 0.333. The van der Waals surface area contributed by atoms with Gasteiger partial charge in [-0.1, -0.05) is 15.9 Å². The molecule has 0 radical (unpaired) electrons. The Balaban J connectivity index is 2.00. The molecule has 0 spiro atoms. The van der Waals surface area contributed by atoms with Crippen LogP contribution in [0.25, 0.3) is 11.0 Å². The molecule has 1 aliphatic heterocycles. The van der Waals surface area contributed by atoms with Crippen molar-refractivity contribution in [1.29, 1.82) is 0 Å². The number of amides is 1. The highest BCUT2D eigenvalue weighted by molar-refractivity contribution is 9.10. The second-order valence-corrected chi connectivity index (χ2v) is 5.42. The molecular weight excluding hydrogens is 298 g/mol. The molecule has 0 bridgehead atoms. The van der Waals surface area contributed by atoms with Crippen molar-refractivity contribution in [3.05, 3.63) is 28.5 Å². The molecule has 0 saturated carbocycles. The molecule has 1 aliphatic rings. The summed E-state index contributed by atoms with van der Waals surface area (Å²) in [6.45, 7) is 3.03. The molecule has 94 valence electrons. The lowest BCUT2D eigenvalue weighted by atomic mass is 10.1. The van der Waals surface area contributed by atoms with Crippen molar-refractivity contribution in [3.63, 3.8) is 0 Å². The van der Waals surface area contributed by atoms with Crippen LogP contribution >= 0.6 is 15.9 Å². The van der Waals surface area contributed by atoms with Crippen LogP contribution in [0.15, 0.2) is 22.7 Å². The number of imidazole rings is 1. The van der Waals surface area contributed by atoms with Crippen LogP contribution in [0.3, 0.4) is 0 Å². The zero-order valence-corrected chi connectivity index (χ0v) is 11.4. The fourth-order valence-corrected chi connectivity index (χ4v) is 2.77. The second-order valence-electron chi connectivity index (χ2n) is 4.50. The molecule has 0 aliphatic carbocycles. The van der Waals surface area contributed by atoms with Crippen LogP contribution in [-0.2, 0) is 0 Å². The highest BCUT2D eigenvalue weighted by atomic mass is 79.9. The van der Waals surface area contributed by atoms with E-state index in [4.69, 9.17) is 5.11 Å². The zero-order chi connectivity index (χ0) is 12.9. The van der Waals surface area contributed by atoms with Gasteiger partial charge in [0, 0.05) is 17.6 Å². The molecule has 0 atom stereocenters. The normalized spacial score (nSPS) is 16.0. The van der Waals surface area contributed by atoms with Gasteiger partial charge in [-0.2, -0.15) is 0 Å². The van der Waals surface area contributed by atoms with Crippen molar-refractivity contribution in [1.82, 2.24) is 14.5 Å². The van der Waals surface area contributed by atoms with Gasteiger partial charge in [0.15, 0.2) is 0 Å². The monoisotopic (exact) mass is 309 g/mol. The van der Waals surface area contributed by atoms with Gasteiger partial charge in [0.05, 0.1) is 17.1 Å². The predicted octanol–water partition coefficient (Wildman–Crippen LogP) is 2.64. The van der Waals surface area contributed by atoms with Crippen molar-refractivity contribution < 1.29 is 9.90 Å². The first-order valence-corrected chi connectivity index (χ1v) is 6.47. The zero-order valence-electron chi connectivity index (χ0n) is 9.80. The van der Waals surface area contributed by atoms with Crippen LogP contribution in [0.1, 0.15) is 11.9 Å². The van der Waals surface area contributed by atoms with Gasteiger partial charge in [-0.05, 0) is 25.1 Å². The smallest absolute Gasteiger partial charge is 0.407 e. The summed E-state index contributed by atoms with van der Waals surface area (Å²) in [6, 6.07) is 6.15. The van der Waals surface area contributed by atoms with E-state index in [0.717, 1.165) is 21.3 Å². The van der Waals surface area contributed by atoms with E-state index in [0.29, 0.717) is 13.1 Å². The van der Waals surface area contributed by atoms with Crippen molar-refractivity contribution in [3.8, 4) is 0 Å². The lowest BCUT2D eigenvalue weighted by Crippen LogP contribution is -2.50. The number of aryl methyl sites for hydroxylation is 1. The van der Waals surface area contributed by atoms with Crippen LogP contribution in [-0.4, -0.2) is 38.7 Å². The van der Waals surface area contributed by atoms with Crippen LogP contribution in [0.4, 0.5) is 4.79 Å². The van der Waals surface area contributed by atoms with Gasteiger partial charge in [-0.3, -0.25) is 0 Å². The van der Waals surface area contributed by atoms with Crippen LogP contribution in [0.5, 0.6) is 0 Å². The summed E-state index contributed by atoms with van der Waals surface area (Å²) in [6.07, 6.45) is -0.852. The molecule has 1 N–H and O–H groups in total. The number of fused-ring (bicyclic) bond motifs is 1. The number of hydrogen-bond acceptors (Lipinski definition) is 2. The van der Waals surface area contributed by atoms with Crippen molar-refractivity contribution >= 4 is 33.1 Å². The van der Waals surface area contributed by atoms with Gasteiger partial charge < -0.3 is 14.6 Å².